The van der Waals surface area contributed by atoms with Gasteiger partial charge in [0, 0.05) is 0 Å². The van der Waals surface area contributed by atoms with Crippen molar-refractivity contribution in [1.29, 1.82) is 0 Å². The smallest absolute Gasteiger partial charge is 0.744 e. The van der Waals surface area contributed by atoms with Crippen LogP contribution in [0.15, 0.2) is 29.2 Å². The van der Waals surface area contributed by atoms with Gasteiger partial charge >= 0.3 is 29.6 Å². The van der Waals surface area contributed by atoms with Crippen LogP contribution in [0.5, 0.6) is 0 Å². The van der Waals surface area contributed by atoms with Crippen molar-refractivity contribution in [2.24, 2.45) is 0 Å². The number of hydrogen-bond donors (Lipinski definition) is 0. The van der Waals surface area contributed by atoms with Crippen LogP contribution in [0.3, 0.4) is 0 Å². The van der Waals surface area contributed by atoms with Crippen molar-refractivity contribution < 1.29 is 46.6 Å². The van der Waals surface area contributed by atoms with E-state index >= 15 is 0 Å². The van der Waals surface area contributed by atoms with Crippen molar-refractivity contribution in [2.45, 2.75) is 17.9 Å². The summed E-state index contributed by atoms with van der Waals surface area (Å²) in [5, 5.41) is 0.481. The minimum Gasteiger partial charge on any atom is -0.744 e. The fourth-order valence-electron chi connectivity index (χ4n) is 1.23. The second kappa shape index (κ2) is 7.07. The van der Waals surface area contributed by atoms with Gasteiger partial charge in [-0.3, -0.25) is 0 Å². The molecule has 4 nitrogen and oxygen atoms in total. The van der Waals surface area contributed by atoms with Crippen LogP contribution in [0.4, 0.5) is 0 Å². The summed E-state index contributed by atoms with van der Waals surface area (Å²) in [4.78, 5) is -0.181. The van der Waals surface area contributed by atoms with E-state index in [0.29, 0.717) is 11.2 Å². The Bertz CT molecular complexity index is 433. The molecule has 0 spiro atoms. The zero-order valence-corrected chi connectivity index (χ0v) is 13.9. The monoisotopic (exact) mass is 280 g/mol. The second-order valence-electron chi connectivity index (χ2n) is 2.83. The molecule has 0 aliphatic heterocycles. The van der Waals surface area contributed by atoms with Crippen LogP contribution >= 0.6 is 0 Å². The van der Waals surface area contributed by atoms with Crippen molar-refractivity contribution in [1.82, 2.24) is 0 Å². The molecule has 0 bridgehead atoms. The van der Waals surface area contributed by atoms with Gasteiger partial charge in [-0.05, 0) is 17.3 Å². The van der Waals surface area contributed by atoms with Crippen LogP contribution in [-0.2, 0) is 14.2 Å². The van der Waals surface area contributed by atoms with Crippen LogP contribution < -0.4 is 34.7 Å². The predicted molar refractivity (Wildman–Crippen MR) is 57.1 cm³/mol. The van der Waals surface area contributed by atoms with Crippen LogP contribution in [0, 0.1) is 0 Å². The Kier molecular flexibility index (Phi) is 7.30. The standard InChI is InChI=1S/C8H10O4SSi2.Na/c1-2-15(12-14)8-6-4-3-5-7(8)13(9,10)11;/h3-6H,2H2,1H3,(H,9,10,11);/q;+1/p-1. The van der Waals surface area contributed by atoms with E-state index in [1.165, 1.54) is 12.1 Å². The normalized spacial score (nSPS) is 11.2. The van der Waals surface area contributed by atoms with E-state index in [-0.39, 0.29) is 34.5 Å². The molecular formula is C8H9NaO4SSi2. The van der Waals surface area contributed by atoms with Gasteiger partial charge in [-0.1, -0.05) is 25.1 Å². The van der Waals surface area contributed by atoms with Gasteiger partial charge < -0.3 is 8.67 Å². The van der Waals surface area contributed by atoms with Crippen molar-refractivity contribution in [2.75, 3.05) is 0 Å². The third-order valence-corrected chi connectivity index (χ3v) is 5.64. The summed E-state index contributed by atoms with van der Waals surface area (Å²) in [5.74, 6) is 0. The molecular weight excluding hydrogens is 271 g/mol. The Morgan fingerprint density at radius 2 is 2.00 bits per heavy atom. The zero-order chi connectivity index (χ0) is 11.5. The Hall–Kier alpha value is 0.524. The van der Waals surface area contributed by atoms with Crippen LogP contribution in [0.2, 0.25) is 6.04 Å². The molecule has 16 heavy (non-hydrogen) atoms. The third-order valence-electron chi connectivity index (χ3n) is 1.90. The molecule has 0 saturated carbocycles. The Labute approximate surface area is 123 Å². The molecule has 0 saturated heterocycles. The van der Waals surface area contributed by atoms with Crippen molar-refractivity contribution in [3.8, 4) is 0 Å². The Balaban J connectivity index is 0.00000225. The summed E-state index contributed by atoms with van der Waals surface area (Å²) in [6.45, 7) is 1.88. The molecule has 0 aromatic heterocycles. The maximum absolute atomic E-state index is 11.0. The topological polar surface area (TPSA) is 66.4 Å². The summed E-state index contributed by atoms with van der Waals surface area (Å²) in [6, 6.07) is 6.80. The molecule has 8 heteroatoms. The quantitative estimate of drug-likeness (QED) is 0.433. The van der Waals surface area contributed by atoms with Crippen molar-refractivity contribution >= 4 is 34.8 Å². The van der Waals surface area contributed by atoms with E-state index in [2.05, 4.69) is 10.5 Å². The number of hydrogen-bond acceptors (Lipinski definition) is 4. The largest absolute Gasteiger partial charge is 1.00 e. The minimum absolute atomic E-state index is 0. The molecule has 0 N–H and O–H groups in total. The molecule has 0 fully saturated rings. The number of rotatable bonds is 4. The summed E-state index contributed by atoms with van der Waals surface area (Å²) in [7, 11) is -2.99. The first-order valence-electron chi connectivity index (χ1n) is 4.25. The maximum Gasteiger partial charge on any atom is 1.00 e. The first kappa shape index (κ1) is 16.5. The van der Waals surface area contributed by atoms with E-state index in [0.717, 1.165) is 0 Å². The van der Waals surface area contributed by atoms with Crippen molar-refractivity contribution in [3.05, 3.63) is 24.3 Å². The Morgan fingerprint density at radius 3 is 2.44 bits per heavy atom. The molecule has 0 atom stereocenters. The summed E-state index contributed by atoms with van der Waals surface area (Å²) in [6.07, 6.45) is 0. The van der Waals surface area contributed by atoms with Gasteiger partial charge in [-0.25, -0.2) is 8.42 Å². The van der Waals surface area contributed by atoms with E-state index in [1.54, 1.807) is 12.1 Å². The van der Waals surface area contributed by atoms with Gasteiger partial charge in [-0.15, -0.1) is 0 Å². The maximum atomic E-state index is 11.0. The van der Waals surface area contributed by atoms with Gasteiger partial charge in [0.2, 0.25) is 19.5 Å². The average molecular weight is 280 g/mol. The predicted octanol–water partition coefficient (Wildman–Crippen LogP) is -3.09. The van der Waals surface area contributed by atoms with Crippen LogP contribution in [-0.4, -0.2) is 32.5 Å². The second-order valence-corrected chi connectivity index (χ2v) is 7.09. The molecule has 0 aliphatic carbocycles. The molecule has 80 valence electrons. The van der Waals surface area contributed by atoms with Crippen LogP contribution in [0.1, 0.15) is 6.92 Å². The first-order chi connectivity index (χ1) is 7.00. The average Bonchev–Trinajstić information content (AvgIpc) is 2.19. The van der Waals surface area contributed by atoms with E-state index in [4.69, 9.17) is 4.12 Å². The number of benzene rings is 1. The van der Waals surface area contributed by atoms with Crippen molar-refractivity contribution in [3.63, 3.8) is 0 Å². The molecule has 1 aromatic carbocycles. The van der Waals surface area contributed by atoms with Gasteiger partial charge in [0.15, 0.2) is 0 Å². The summed E-state index contributed by atoms with van der Waals surface area (Å²) >= 11 is 0. The fourth-order valence-corrected chi connectivity index (χ4v) is 4.57. The molecule has 0 heterocycles. The summed E-state index contributed by atoms with van der Waals surface area (Å²) < 4.78 is 38.0. The van der Waals surface area contributed by atoms with Gasteiger partial charge in [0.25, 0.3) is 0 Å². The Morgan fingerprint density at radius 1 is 1.44 bits per heavy atom. The van der Waals surface area contributed by atoms with Gasteiger partial charge in [-0.2, -0.15) is 0 Å². The first-order valence-corrected chi connectivity index (χ1v) is 7.68. The van der Waals surface area contributed by atoms with Gasteiger partial charge in [0.05, 0.1) is 4.90 Å². The zero-order valence-electron chi connectivity index (χ0n) is 9.06. The van der Waals surface area contributed by atoms with Crippen LogP contribution in [0.25, 0.3) is 0 Å². The minimum atomic E-state index is -4.42. The molecule has 0 aliphatic rings. The molecule has 4 radical (unpaired) electrons. The fraction of sp³-hybridized carbons (Fsp3) is 0.250. The SMILES string of the molecule is CC[Si](O[Si])c1ccccc1S(=O)(=O)[O-].[Na+]. The molecule has 1 aromatic rings. The third kappa shape index (κ3) is 4.08. The summed E-state index contributed by atoms with van der Waals surface area (Å²) in [5.41, 5.74) is 0. The van der Waals surface area contributed by atoms with E-state index in [1.807, 2.05) is 6.92 Å². The van der Waals surface area contributed by atoms with Gasteiger partial charge in [0.1, 0.15) is 10.1 Å². The van der Waals surface area contributed by atoms with E-state index in [9.17, 15) is 13.0 Å². The van der Waals surface area contributed by atoms with E-state index < -0.39 is 19.2 Å². The molecule has 1 rings (SSSR count). The molecule has 0 unspecified atom stereocenters. The molecule has 0 amide bonds.